The van der Waals surface area contributed by atoms with Gasteiger partial charge in [-0.2, -0.15) is 13.2 Å². The molecule has 0 bridgehead atoms. The van der Waals surface area contributed by atoms with Gasteiger partial charge < -0.3 is 15.8 Å². The van der Waals surface area contributed by atoms with E-state index in [9.17, 15) is 17.6 Å². The smallest absolute Gasteiger partial charge is 0.416 e. The van der Waals surface area contributed by atoms with E-state index in [-0.39, 0.29) is 17.0 Å². The molecule has 0 radical (unpaired) electrons. The molecule has 0 aromatic heterocycles. The third-order valence-corrected chi connectivity index (χ3v) is 4.50. The number of ether oxygens (including phenoxy) is 1. The standard InChI is InChI=1S/C20H20F4N4O/c1-3-29-14-7-4-12(5-8-14)19(26)18(25)17(27-11(2)28-19)15-9-6-13(10-16(15)21)20(22,23)24/h4-10H,3,25-26H2,1-2H3,(H,27,28). The summed E-state index contributed by atoms with van der Waals surface area (Å²) in [5.74, 6) is -0.107. The average molecular weight is 408 g/mol. The number of benzene rings is 2. The van der Waals surface area contributed by atoms with Crippen LogP contribution in [0.2, 0.25) is 0 Å². The monoisotopic (exact) mass is 408 g/mol. The van der Waals surface area contributed by atoms with Crippen LogP contribution in [0.4, 0.5) is 17.6 Å². The highest BCUT2D eigenvalue weighted by Gasteiger charge is 2.37. The molecule has 29 heavy (non-hydrogen) atoms. The van der Waals surface area contributed by atoms with Crippen LogP contribution in [-0.2, 0) is 11.8 Å². The fourth-order valence-corrected chi connectivity index (χ4v) is 3.09. The maximum Gasteiger partial charge on any atom is 0.416 e. The first kappa shape index (κ1) is 20.7. The van der Waals surface area contributed by atoms with Gasteiger partial charge in [-0.3, -0.25) is 5.73 Å². The number of amidine groups is 1. The molecule has 154 valence electrons. The predicted octanol–water partition coefficient (Wildman–Crippen LogP) is 3.70. The summed E-state index contributed by atoms with van der Waals surface area (Å²) in [6.07, 6.45) is -4.66. The molecule has 5 nitrogen and oxygen atoms in total. The van der Waals surface area contributed by atoms with Crippen molar-refractivity contribution in [1.82, 2.24) is 5.32 Å². The van der Waals surface area contributed by atoms with Crippen molar-refractivity contribution in [3.05, 3.63) is 70.7 Å². The van der Waals surface area contributed by atoms with Gasteiger partial charge >= 0.3 is 6.18 Å². The number of aliphatic imine (C=N–C) groups is 1. The van der Waals surface area contributed by atoms with Crippen molar-refractivity contribution in [3.63, 3.8) is 0 Å². The summed E-state index contributed by atoms with van der Waals surface area (Å²) in [6, 6.07) is 8.99. The van der Waals surface area contributed by atoms with Gasteiger partial charge in [0.05, 0.1) is 23.6 Å². The minimum absolute atomic E-state index is 0.0223. The van der Waals surface area contributed by atoms with Crippen LogP contribution in [0.3, 0.4) is 0 Å². The molecule has 1 heterocycles. The van der Waals surface area contributed by atoms with E-state index in [2.05, 4.69) is 10.3 Å². The van der Waals surface area contributed by atoms with E-state index in [0.717, 1.165) is 12.1 Å². The Balaban J connectivity index is 2.08. The second kappa shape index (κ2) is 7.40. The minimum Gasteiger partial charge on any atom is -0.494 e. The molecule has 0 saturated heterocycles. The number of hydrogen-bond acceptors (Lipinski definition) is 5. The number of alkyl halides is 3. The lowest BCUT2D eigenvalue weighted by molar-refractivity contribution is -0.137. The Hall–Kier alpha value is -3.07. The molecule has 0 amide bonds. The van der Waals surface area contributed by atoms with Crippen molar-refractivity contribution in [2.45, 2.75) is 25.7 Å². The summed E-state index contributed by atoms with van der Waals surface area (Å²) in [4.78, 5) is 4.36. The highest BCUT2D eigenvalue weighted by atomic mass is 19.4. The number of nitrogens with two attached hydrogens (primary N) is 2. The molecule has 2 aromatic rings. The van der Waals surface area contributed by atoms with Crippen molar-refractivity contribution in [2.24, 2.45) is 16.5 Å². The molecule has 5 N–H and O–H groups in total. The van der Waals surface area contributed by atoms with E-state index >= 15 is 0 Å². The van der Waals surface area contributed by atoms with E-state index in [1.54, 1.807) is 31.2 Å². The fourth-order valence-electron chi connectivity index (χ4n) is 3.09. The van der Waals surface area contributed by atoms with E-state index in [1.807, 2.05) is 6.92 Å². The van der Waals surface area contributed by atoms with Crippen molar-refractivity contribution >= 4 is 11.5 Å². The van der Waals surface area contributed by atoms with Crippen LogP contribution in [0.15, 0.2) is 53.2 Å². The Labute approximate surface area is 165 Å². The Bertz CT molecular complexity index is 983. The molecule has 0 saturated carbocycles. The van der Waals surface area contributed by atoms with Crippen LogP contribution in [0.25, 0.3) is 5.70 Å². The second-order valence-corrected chi connectivity index (χ2v) is 6.53. The summed E-state index contributed by atoms with van der Waals surface area (Å²) >= 11 is 0. The molecule has 3 rings (SSSR count). The van der Waals surface area contributed by atoms with Crippen molar-refractivity contribution in [3.8, 4) is 5.75 Å². The fraction of sp³-hybridized carbons (Fsp3) is 0.250. The van der Waals surface area contributed by atoms with Crippen molar-refractivity contribution in [1.29, 1.82) is 0 Å². The number of hydrogen-bond donors (Lipinski definition) is 3. The molecule has 0 fully saturated rings. The van der Waals surface area contributed by atoms with E-state index in [0.29, 0.717) is 29.8 Å². The summed E-state index contributed by atoms with van der Waals surface area (Å²) in [5.41, 5.74) is 10.5. The molecule has 1 aliphatic heterocycles. The highest BCUT2D eigenvalue weighted by molar-refractivity contribution is 5.93. The Kier molecular flexibility index (Phi) is 5.27. The normalized spacial score (nSPS) is 19.6. The van der Waals surface area contributed by atoms with Crippen LogP contribution < -0.4 is 21.5 Å². The van der Waals surface area contributed by atoms with Crippen LogP contribution in [-0.4, -0.2) is 12.4 Å². The zero-order valence-corrected chi connectivity index (χ0v) is 15.8. The van der Waals surface area contributed by atoms with Gasteiger partial charge in [-0.15, -0.1) is 0 Å². The molecule has 9 heteroatoms. The SMILES string of the molecule is CCOc1ccc(C2(N)N=C(C)NC(c3ccc(C(F)(F)F)cc3F)=C2N)cc1. The van der Waals surface area contributed by atoms with Gasteiger partial charge in [0.2, 0.25) is 0 Å². The minimum atomic E-state index is -4.66. The summed E-state index contributed by atoms with van der Waals surface area (Å²) in [7, 11) is 0. The lowest BCUT2D eigenvalue weighted by Gasteiger charge is -2.34. The van der Waals surface area contributed by atoms with Gasteiger partial charge in [-0.1, -0.05) is 12.1 Å². The van der Waals surface area contributed by atoms with Crippen LogP contribution in [0.1, 0.15) is 30.5 Å². The molecular weight excluding hydrogens is 388 g/mol. The summed E-state index contributed by atoms with van der Waals surface area (Å²) in [5, 5.41) is 2.82. The first-order valence-electron chi connectivity index (χ1n) is 8.79. The number of nitrogens with zero attached hydrogens (tertiary/aromatic N) is 1. The zero-order valence-electron chi connectivity index (χ0n) is 15.8. The maximum atomic E-state index is 14.5. The van der Waals surface area contributed by atoms with Crippen molar-refractivity contribution in [2.75, 3.05) is 6.61 Å². The second-order valence-electron chi connectivity index (χ2n) is 6.53. The third kappa shape index (κ3) is 3.91. The lowest BCUT2D eigenvalue weighted by Crippen LogP contribution is -2.47. The lowest BCUT2D eigenvalue weighted by atomic mass is 9.92. The zero-order chi connectivity index (χ0) is 21.4. The van der Waals surface area contributed by atoms with E-state index < -0.39 is 23.2 Å². The summed E-state index contributed by atoms with van der Waals surface area (Å²) in [6.45, 7) is 3.95. The molecule has 0 aliphatic carbocycles. The van der Waals surface area contributed by atoms with Gasteiger partial charge in [0.1, 0.15) is 17.4 Å². The van der Waals surface area contributed by atoms with Crippen molar-refractivity contribution < 1.29 is 22.3 Å². The van der Waals surface area contributed by atoms with E-state index in [4.69, 9.17) is 16.2 Å². The largest absolute Gasteiger partial charge is 0.494 e. The Morgan fingerprint density at radius 1 is 1.14 bits per heavy atom. The van der Waals surface area contributed by atoms with Gasteiger partial charge in [0.15, 0.2) is 5.66 Å². The van der Waals surface area contributed by atoms with Gasteiger partial charge in [0, 0.05) is 11.1 Å². The maximum absolute atomic E-state index is 14.5. The Morgan fingerprint density at radius 3 is 2.34 bits per heavy atom. The molecule has 1 unspecified atom stereocenters. The van der Waals surface area contributed by atoms with Crippen LogP contribution in [0.5, 0.6) is 5.75 Å². The average Bonchev–Trinajstić information content (AvgIpc) is 2.65. The first-order valence-corrected chi connectivity index (χ1v) is 8.79. The summed E-state index contributed by atoms with van der Waals surface area (Å²) < 4.78 is 58.5. The molecule has 1 aliphatic rings. The molecular formula is C20H20F4N4O. The topological polar surface area (TPSA) is 85.7 Å². The predicted molar refractivity (Wildman–Crippen MR) is 102 cm³/mol. The van der Waals surface area contributed by atoms with Crippen LogP contribution >= 0.6 is 0 Å². The number of halogens is 4. The molecule has 1 atom stereocenters. The van der Waals surface area contributed by atoms with Gasteiger partial charge in [-0.05, 0) is 44.2 Å². The molecule has 2 aromatic carbocycles. The quantitative estimate of drug-likeness (QED) is 0.674. The Morgan fingerprint density at radius 2 is 1.79 bits per heavy atom. The van der Waals surface area contributed by atoms with Gasteiger partial charge in [-0.25, -0.2) is 9.38 Å². The van der Waals surface area contributed by atoms with Crippen LogP contribution in [0, 0.1) is 5.82 Å². The highest BCUT2D eigenvalue weighted by Crippen LogP contribution is 2.36. The van der Waals surface area contributed by atoms with Gasteiger partial charge in [0.25, 0.3) is 0 Å². The third-order valence-electron chi connectivity index (χ3n) is 4.50. The number of rotatable bonds is 4. The van der Waals surface area contributed by atoms with E-state index in [1.165, 1.54) is 0 Å². The molecule has 0 spiro atoms. The first-order chi connectivity index (χ1) is 13.6. The number of nitrogens with one attached hydrogen (secondary N) is 1.